The smallest absolute Gasteiger partial charge is 0.252 e. The molecule has 0 radical (unpaired) electrons. The molecule has 1 saturated carbocycles. The SMILES string of the molecule is NC(=O)c1cnn2cc(-c3ccccc3)cc2c1NCCC1(F)CC1. The van der Waals surface area contributed by atoms with Crippen LogP contribution in [0, 0.1) is 0 Å². The summed E-state index contributed by atoms with van der Waals surface area (Å²) in [5, 5.41) is 7.48. The molecule has 3 N–H and O–H groups in total. The summed E-state index contributed by atoms with van der Waals surface area (Å²) >= 11 is 0. The van der Waals surface area contributed by atoms with Crippen molar-refractivity contribution in [3.8, 4) is 11.1 Å². The lowest BCUT2D eigenvalue weighted by Gasteiger charge is -2.12. The highest BCUT2D eigenvalue weighted by molar-refractivity contribution is 6.02. The van der Waals surface area contributed by atoms with Crippen molar-refractivity contribution >= 4 is 17.1 Å². The Morgan fingerprint density at radius 2 is 2.04 bits per heavy atom. The predicted molar refractivity (Wildman–Crippen MR) is 95.3 cm³/mol. The zero-order valence-electron chi connectivity index (χ0n) is 13.7. The lowest BCUT2D eigenvalue weighted by molar-refractivity contribution is 0.100. The first kappa shape index (κ1) is 15.6. The number of amides is 1. The normalized spacial score (nSPS) is 15.2. The molecule has 0 unspecified atom stereocenters. The average molecular weight is 338 g/mol. The second-order valence-electron chi connectivity index (χ2n) is 6.55. The van der Waals surface area contributed by atoms with Crippen molar-refractivity contribution in [2.75, 3.05) is 11.9 Å². The van der Waals surface area contributed by atoms with Crippen molar-refractivity contribution in [2.24, 2.45) is 5.73 Å². The van der Waals surface area contributed by atoms with Crippen molar-refractivity contribution < 1.29 is 9.18 Å². The van der Waals surface area contributed by atoms with Gasteiger partial charge in [-0.15, -0.1) is 0 Å². The lowest BCUT2D eigenvalue weighted by Crippen LogP contribution is -2.18. The third kappa shape index (κ3) is 3.07. The Labute approximate surface area is 144 Å². The standard InChI is InChI=1S/C19H19FN4O/c20-19(6-7-19)8-9-22-17-15(18(21)25)11-23-24-12-14(10-16(17)24)13-4-2-1-3-5-13/h1-5,10-12,22H,6-9H2,(H2,21,25). The molecule has 1 fully saturated rings. The predicted octanol–water partition coefficient (Wildman–Crippen LogP) is 3.40. The highest BCUT2D eigenvalue weighted by Gasteiger charge is 2.42. The molecule has 3 aromatic rings. The van der Waals surface area contributed by atoms with Crippen molar-refractivity contribution in [1.82, 2.24) is 9.61 Å². The number of carbonyl (C=O) groups excluding carboxylic acids is 1. The van der Waals surface area contributed by atoms with Gasteiger partial charge in [0.2, 0.25) is 0 Å². The molecule has 25 heavy (non-hydrogen) atoms. The van der Waals surface area contributed by atoms with Crippen molar-refractivity contribution in [3.63, 3.8) is 0 Å². The van der Waals surface area contributed by atoms with Crippen LogP contribution in [-0.2, 0) is 0 Å². The molecule has 0 spiro atoms. The van der Waals surface area contributed by atoms with Gasteiger partial charge in [0.05, 0.1) is 23.0 Å². The number of halogens is 1. The second-order valence-corrected chi connectivity index (χ2v) is 6.55. The highest BCUT2D eigenvalue weighted by atomic mass is 19.1. The van der Waals surface area contributed by atoms with Crippen molar-refractivity contribution in [1.29, 1.82) is 0 Å². The van der Waals surface area contributed by atoms with Gasteiger partial charge in [-0.1, -0.05) is 30.3 Å². The molecule has 1 aromatic carbocycles. The second kappa shape index (κ2) is 5.88. The van der Waals surface area contributed by atoms with E-state index in [4.69, 9.17) is 5.73 Å². The maximum atomic E-state index is 13.9. The van der Waals surface area contributed by atoms with E-state index in [-0.39, 0.29) is 0 Å². The first-order valence-electron chi connectivity index (χ1n) is 8.35. The number of nitrogens with one attached hydrogen (secondary N) is 1. The number of nitrogens with zero attached hydrogens (tertiary/aromatic N) is 2. The summed E-state index contributed by atoms with van der Waals surface area (Å²) in [6, 6.07) is 11.9. The Morgan fingerprint density at radius 3 is 2.72 bits per heavy atom. The zero-order valence-corrected chi connectivity index (χ0v) is 13.7. The number of carbonyl (C=O) groups is 1. The van der Waals surface area contributed by atoms with Gasteiger partial charge >= 0.3 is 0 Å². The molecular weight excluding hydrogens is 319 g/mol. The fourth-order valence-electron chi connectivity index (χ4n) is 3.01. The summed E-state index contributed by atoms with van der Waals surface area (Å²) in [6.45, 7) is 0.447. The first-order chi connectivity index (χ1) is 12.1. The summed E-state index contributed by atoms with van der Waals surface area (Å²) in [4.78, 5) is 11.8. The Bertz CT molecular complexity index is 931. The van der Waals surface area contributed by atoms with Crippen molar-refractivity contribution in [3.05, 3.63) is 54.4 Å². The number of alkyl halides is 1. The van der Waals surface area contributed by atoms with E-state index in [1.807, 2.05) is 42.6 Å². The van der Waals surface area contributed by atoms with Gasteiger partial charge in [0.15, 0.2) is 0 Å². The van der Waals surface area contributed by atoms with Gasteiger partial charge in [0.25, 0.3) is 5.91 Å². The van der Waals surface area contributed by atoms with E-state index >= 15 is 0 Å². The molecule has 0 bridgehead atoms. The molecule has 2 heterocycles. The van der Waals surface area contributed by atoms with Crippen LogP contribution >= 0.6 is 0 Å². The largest absolute Gasteiger partial charge is 0.382 e. The van der Waals surface area contributed by atoms with E-state index in [1.54, 1.807) is 4.52 Å². The average Bonchev–Trinajstić information content (AvgIpc) is 3.18. The van der Waals surface area contributed by atoms with Crippen LogP contribution in [0.15, 0.2) is 48.8 Å². The maximum Gasteiger partial charge on any atom is 0.252 e. The number of fused-ring (bicyclic) bond motifs is 1. The van der Waals surface area contributed by atoms with Crippen LogP contribution in [0.4, 0.5) is 10.1 Å². The monoisotopic (exact) mass is 338 g/mol. The topological polar surface area (TPSA) is 72.4 Å². The third-order valence-electron chi connectivity index (χ3n) is 4.68. The summed E-state index contributed by atoms with van der Waals surface area (Å²) in [6.07, 6.45) is 5.01. The quantitative estimate of drug-likeness (QED) is 0.723. The molecule has 0 atom stereocenters. The van der Waals surface area contributed by atoms with E-state index in [2.05, 4.69) is 10.4 Å². The number of hydrogen-bond donors (Lipinski definition) is 2. The number of rotatable bonds is 6. The van der Waals surface area contributed by atoms with E-state index in [9.17, 15) is 9.18 Å². The molecule has 1 aliphatic rings. The molecule has 6 heteroatoms. The zero-order chi connectivity index (χ0) is 17.4. The van der Waals surface area contributed by atoms with Crippen LogP contribution in [0.2, 0.25) is 0 Å². The van der Waals surface area contributed by atoms with E-state index < -0.39 is 11.6 Å². The number of primary amides is 1. The molecule has 128 valence electrons. The number of aromatic nitrogens is 2. The minimum atomic E-state index is -1.04. The van der Waals surface area contributed by atoms with Crippen LogP contribution in [0.1, 0.15) is 29.6 Å². The van der Waals surface area contributed by atoms with Crippen LogP contribution in [-0.4, -0.2) is 27.7 Å². The number of hydrogen-bond acceptors (Lipinski definition) is 3. The highest BCUT2D eigenvalue weighted by Crippen LogP contribution is 2.42. The number of nitrogens with two attached hydrogens (primary N) is 1. The van der Waals surface area contributed by atoms with Gasteiger partial charge in [0.1, 0.15) is 5.67 Å². The van der Waals surface area contributed by atoms with Crippen LogP contribution in [0.5, 0.6) is 0 Å². The molecule has 1 amide bonds. The van der Waals surface area contributed by atoms with Gasteiger partial charge in [-0.05, 0) is 30.9 Å². The van der Waals surface area contributed by atoms with E-state index in [0.29, 0.717) is 37.1 Å². The number of anilines is 1. The molecule has 0 saturated heterocycles. The maximum absolute atomic E-state index is 13.9. The van der Waals surface area contributed by atoms with Crippen LogP contribution < -0.4 is 11.1 Å². The first-order valence-corrected chi connectivity index (χ1v) is 8.35. The lowest BCUT2D eigenvalue weighted by atomic mass is 10.1. The molecule has 1 aliphatic carbocycles. The molecular formula is C19H19FN4O. The molecule has 0 aliphatic heterocycles. The molecule has 4 rings (SSSR count). The Hall–Kier alpha value is -2.89. The summed E-state index contributed by atoms with van der Waals surface area (Å²) in [5.74, 6) is -0.554. The van der Waals surface area contributed by atoms with Gasteiger partial charge in [-0.25, -0.2) is 8.91 Å². The minimum Gasteiger partial charge on any atom is -0.382 e. The minimum absolute atomic E-state index is 0.314. The Morgan fingerprint density at radius 1 is 1.28 bits per heavy atom. The Balaban J connectivity index is 1.72. The summed E-state index contributed by atoms with van der Waals surface area (Å²) in [7, 11) is 0. The van der Waals surface area contributed by atoms with Gasteiger partial charge in [-0.2, -0.15) is 5.10 Å². The molecule has 2 aromatic heterocycles. The summed E-state index contributed by atoms with van der Waals surface area (Å²) < 4.78 is 15.6. The van der Waals surface area contributed by atoms with E-state index in [0.717, 1.165) is 16.6 Å². The Kier molecular flexibility index (Phi) is 3.67. The fourth-order valence-corrected chi connectivity index (χ4v) is 3.01. The van der Waals surface area contributed by atoms with Gasteiger partial charge in [-0.3, -0.25) is 4.79 Å². The van der Waals surface area contributed by atoms with E-state index in [1.165, 1.54) is 6.20 Å². The third-order valence-corrected chi connectivity index (χ3v) is 4.68. The molecule has 5 nitrogen and oxygen atoms in total. The fraction of sp³-hybridized carbons (Fsp3) is 0.263. The van der Waals surface area contributed by atoms with Crippen molar-refractivity contribution in [2.45, 2.75) is 24.9 Å². The summed E-state index contributed by atoms with van der Waals surface area (Å²) in [5.41, 5.74) is 8.16. The van der Waals surface area contributed by atoms with Gasteiger partial charge < -0.3 is 11.1 Å². The van der Waals surface area contributed by atoms with Gasteiger partial charge in [0, 0.05) is 18.3 Å². The van der Waals surface area contributed by atoms with Crippen LogP contribution in [0.25, 0.3) is 16.6 Å². The van der Waals surface area contributed by atoms with Crippen LogP contribution in [0.3, 0.4) is 0 Å². The number of benzene rings is 1.